The lowest BCUT2D eigenvalue weighted by atomic mass is 10.0. The lowest BCUT2D eigenvalue weighted by Crippen LogP contribution is -2.30. The number of rotatable bonds is 50. The van der Waals surface area contributed by atoms with Crippen molar-refractivity contribution >= 4 is 11.9 Å². The van der Waals surface area contributed by atoms with Crippen LogP contribution >= 0.6 is 0 Å². The molecule has 0 bridgehead atoms. The topological polar surface area (TPSA) is 61.8 Å². The van der Waals surface area contributed by atoms with Crippen LogP contribution < -0.4 is 0 Å². The van der Waals surface area contributed by atoms with E-state index in [4.69, 9.17) is 14.2 Å². The summed E-state index contributed by atoms with van der Waals surface area (Å²) in [6.45, 7) is 7.63. The van der Waals surface area contributed by atoms with Crippen LogP contribution in [0.1, 0.15) is 265 Å². The highest BCUT2D eigenvalue weighted by Crippen LogP contribution is 2.15. The number of ether oxygens (including phenoxy) is 3. The van der Waals surface area contributed by atoms with Crippen molar-refractivity contribution in [3.63, 3.8) is 0 Å². The van der Waals surface area contributed by atoms with E-state index in [9.17, 15) is 9.59 Å². The molecule has 1 unspecified atom stereocenters. The Morgan fingerprint density at radius 2 is 0.750 bits per heavy atom. The first-order valence-corrected chi connectivity index (χ1v) is 27.5. The quantitative estimate of drug-likeness (QED) is 0.0346. The maximum absolute atomic E-state index is 12.8. The van der Waals surface area contributed by atoms with Crippen LogP contribution in [-0.4, -0.2) is 37.9 Å². The highest BCUT2D eigenvalue weighted by Gasteiger charge is 2.17. The van der Waals surface area contributed by atoms with Crippen LogP contribution in [0.2, 0.25) is 0 Å². The monoisotopic (exact) mass is 893 g/mol. The van der Waals surface area contributed by atoms with Gasteiger partial charge in [-0.3, -0.25) is 9.59 Å². The lowest BCUT2D eigenvalue weighted by Gasteiger charge is -2.18. The van der Waals surface area contributed by atoms with Gasteiger partial charge in [-0.15, -0.1) is 0 Å². The number of allylic oxidation sites excluding steroid dienone is 11. The molecule has 5 nitrogen and oxygen atoms in total. The van der Waals surface area contributed by atoms with Gasteiger partial charge in [-0.05, 0) is 70.6 Å². The second-order valence-corrected chi connectivity index (χ2v) is 18.1. The minimum absolute atomic E-state index is 0.0286. The molecule has 370 valence electrons. The van der Waals surface area contributed by atoms with E-state index >= 15 is 0 Å². The molecule has 1 atom stereocenters. The first kappa shape index (κ1) is 61.3. The summed E-state index contributed by atoms with van der Waals surface area (Å²) in [5, 5.41) is 0. The van der Waals surface area contributed by atoms with Crippen LogP contribution in [-0.2, 0) is 23.8 Å². The van der Waals surface area contributed by atoms with Gasteiger partial charge < -0.3 is 14.2 Å². The molecule has 0 aliphatic rings. The van der Waals surface area contributed by atoms with Gasteiger partial charge in [-0.25, -0.2) is 0 Å². The number of carbonyl (C=O) groups excluding carboxylic acids is 2. The van der Waals surface area contributed by atoms with Gasteiger partial charge in [-0.2, -0.15) is 0 Å². The van der Waals surface area contributed by atoms with Crippen molar-refractivity contribution in [2.24, 2.45) is 0 Å². The summed E-state index contributed by atoms with van der Waals surface area (Å²) < 4.78 is 17.3. The van der Waals surface area contributed by atoms with Crippen molar-refractivity contribution < 1.29 is 23.8 Å². The summed E-state index contributed by atoms with van der Waals surface area (Å²) in [5.41, 5.74) is 0. The van der Waals surface area contributed by atoms with E-state index in [-0.39, 0.29) is 31.6 Å². The first-order valence-electron chi connectivity index (χ1n) is 27.5. The van der Waals surface area contributed by atoms with Crippen molar-refractivity contribution in [3.05, 3.63) is 72.9 Å². The third-order valence-electron chi connectivity index (χ3n) is 11.8. The van der Waals surface area contributed by atoms with E-state index in [2.05, 4.69) is 81.5 Å². The molecule has 0 aliphatic heterocycles. The maximum atomic E-state index is 12.8. The lowest BCUT2D eigenvalue weighted by molar-refractivity contribution is -0.162. The Morgan fingerprint density at radius 3 is 1.19 bits per heavy atom. The van der Waals surface area contributed by atoms with Crippen LogP contribution in [0.5, 0.6) is 0 Å². The molecule has 0 aromatic heterocycles. The zero-order valence-corrected chi connectivity index (χ0v) is 42.5. The van der Waals surface area contributed by atoms with Crippen molar-refractivity contribution in [1.82, 2.24) is 0 Å². The fourth-order valence-electron chi connectivity index (χ4n) is 7.70. The van der Waals surface area contributed by atoms with Crippen LogP contribution in [0, 0.1) is 0 Å². The van der Waals surface area contributed by atoms with Gasteiger partial charge in [0.05, 0.1) is 13.0 Å². The van der Waals surface area contributed by atoms with Crippen molar-refractivity contribution in [1.29, 1.82) is 0 Å². The molecular formula is C59H104O5. The summed E-state index contributed by atoms with van der Waals surface area (Å²) in [5.74, 6) is -0.545. The number of hydrogen-bond donors (Lipinski definition) is 0. The van der Waals surface area contributed by atoms with Gasteiger partial charge in [0, 0.05) is 13.0 Å². The Balaban J connectivity index is 4.36. The smallest absolute Gasteiger partial charge is 0.309 e. The van der Waals surface area contributed by atoms with E-state index in [1.807, 2.05) is 12.2 Å². The second-order valence-electron chi connectivity index (χ2n) is 18.1. The van der Waals surface area contributed by atoms with Crippen molar-refractivity contribution in [2.75, 3.05) is 19.8 Å². The molecule has 0 fully saturated rings. The zero-order chi connectivity index (χ0) is 46.3. The third-order valence-corrected chi connectivity index (χ3v) is 11.8. The average molecular weight is 893 g/mol. The fraction of sp³-hybridized carbons (Fsp3) is 0.763. The summed E-state index contributed by atoms with van der Waals surface area (Å²) >= 11 is 0. The normalized spacial score (nSPS) is 12.7. The third kappa shape index (κ3) is 52.0. The molecular weight excluding hydrogens is 789 g/mol. The summed E-state index contributed by atoms with van der Waals surface area (Å²) in [6, 6.07) is 0. The minimum Gasteiger partial charge on any atom is -0.461 e. The number of hydrogen-bond acceptors (Lipinski definition) is 5. The van der Waals surface area contributed by atoms with E-state index < -0.39 is 6.10 Å². The predicted molar refractivity (Wildman–Crippen MR) is 279 cm³/mol. The van der Waals surface area contributed by atoms with Crippen LogP contribution in [0.3, 0.4) is 0 Å². The second kappa shape index (κ2) is 54.7. The largest absolute Gasteiger partial charge is 0.461 e. The highest BCUT2D eigenvalue weighted by atomic mass is 16.6. The van der Waals surface area contributed by atoms with Crippen LogP contribution in [0.25, 0.3) is 0 Å². The summed E-state index contributed by atoms with van der Waals surface area (Å²) in [7, 11) is 0. The Labute approximate surface area is 397 Å². The highest BCUT2D eigenvalue weighted by molar-refractivity contribution is 5.71. The molecule has 0 radical (unpaired) electrons. The van der Waals surface area contributed by atoms with Crippen molar-refractivity contribution in [3.8, 4) is 0 Å². The van der Waals surface area contributed by atoms with Gasteiger partial charge in [0.2, 0.25) is 0 Å². The van der Waals surface area contributed by atoms with E-state index in [1.54, 1.807) is 0 Å². The Bertz CT molecular complexity index is 1150. The van der Waals surface area contributed by atoms with E-state index in [0.717, 1.165) is 70.6 Å². The molecule has 0 amide bonds. The van der Waals surface area contributed by atoms with Gasteiger partial charge in [0.25, 0.3) is 0 Å². The van der Waals surface area contributed by atoms with Gasteiger partial charge in [0.15, 0.2) is 6.10 Å². The Kier molecular flexibility index (Phi) is 52.4. The number of esters is 2. The van der Waals surface area contributed by atoms with Gasteiger partial charge >= 0.3 is 11.9 Å². The molecule has 0 heterocycles. The molecule has 0 aromatic carbocycles. The Hall–Kier alpha value is -2.66. The van der Waals surface area contributed by atoms with Crippen molar-refractivity contribution in [2.45, 2.75) is 271 Å². The zero-order valence-electron chi connectivity index (χ0n) is 42.5. The molecule has 0 saturated heterocycles. The van der Waals surface area contributed by atoms with Gasteiger partial charge in [-0.1, -0.05) is 254 Å². The molecule has 5 heteroatoms. The summed E-state index contributed by atoms with van der Waals surface area (Å²) in [4.78, 5) is 25.4. The molecule has 0 N–H and O–H groups in total. The SMILES string of the molecule is CC/C=C\C/C=C\C/C=C\C/C=C\C/C=C\CC(=O)OCC(COCCCCCCCCCCCCCCCCCCCC)OC(=O)CCCCCCC/C=C\CCCCCCCC. The Morgan fingerprint density at radius 1 is 0.375 bits per heavy atom. The van der Waals surface area contributed by atoms with E-state index in [0.29, 0.717) is 13.0 Å². The minimum atomic E-state index is -0.580. The molecule has 0 saturated carbocycles. The van der Waals surface area contributed by atoms with Gasteiger partial charge in [0.1, 0.15) is 6.61 Å². The number of unbranched alkanes of at least 4 members (excludes halogenated alkanes) is 28. The van der Waals surface area contributed by atoms with Crippen LogP contribution in [0.15, 0.2) is 72.9 Å². The molecule has 0 aliphatic carbocycles. The maximum Gasteiger partial charge on any atom is 0.309 e. The van der Waals surface area contributed by atoms with Crippen LogP contribution in [0.4, 0.5) is 0 Å². The fourth-order valence-corrected chi connectivity index (χ4v) is 7.70. The standard InChI is InChI=1S/C59H104O5/c1-4-7-10-13-16-19-22-25-28-29-30-33-36-39-42-45-48-51-54-62-55-57(64-59(61)53-50-47-44-41-38-35-32-27-24-21-18-15-12-9-6-3)56-63-58(60)52-49-46-43-40-37-34-31-26-23-20-17-14-11-8-5-2/h8,11,17,20,26-27,31-32,37,40,46,49,57H,4-7,9-10,12-16,18-19,21-25,28-30,33-36,38-39,41-45,47-48,50-56H2,1-3H3/b11-8-,20-17-,31-26-,32-27-,40-37-,49-46-. The predicted octanol–water partition coefficient (Wildman–Crippen LogP) is 18.7. The molecule has 0 aromatic rings. The van der Waals surface area contributed by atoms with E-state index in [1.165, 1.54) is 161 Å². The average Bonchev–Trinajstić information content (AvgIpc) is 3.30. The molecule has 64 heavy (non-hydrogen) atoms. The summed E-state index contributed by atoms with van der Waals surface area (Å²) in [6.07, 6.45) is 70.9. The number of carbonyl (C=O) groups is 2. The first-order chi connectivity index (χ1) is 31.6. The molecule has 0 rings (SSSR count). The molecule has 0 spiro atoms.